The molecule has 100 valence electrons. The molecule has 1 rings (SSSR count). The van der Waals surface area contributed by atoms with Crippen molar-refractivity contribution >= 4 is 6.09 Å². The lowest BCUT2D eigenvalue weighted by atomic mass is 9.75. The molecule has 0 aromatic heterocycles. The van der Waals surface area contributed by atoms with Crippen molar-refractivity contribution in [3.63, 3.8) is 0 Å². The van der Waals surface area contributed by atoms with Crippen molar-refractivity contribution < 1.29 is 14.6 Å². The maximum absolute atomic E-state index is 11.3. The summed E-state index contributed by atoms with van der Waals surface area (Å²) in [5, 5.41) is 9.28. The van der Waals surface area contributed by atoms with E-state index in [1.165, 1.54) is 4.90 Å². The van der Waals surface area contributed by atoms with Crippen LogP contribution in [0.4, 0.5) is 4.79 Å². The van der Waals surface area contributed by atoms with Gasteiger partial charge in [0.05, 0.1) is 12.1 Å². The van der Waals surface area contributed by atoms with Crippen LogP contribution >= 0.6 is 0 Å². The van der Waals surface area contributed by atoms with Crippen molar-refractivity contribution in [2.75, 3.05) is 20.2 Å². The molecular weight excluding hydrogens is 220 g/mol. The van der Waals surface area contributed by atoms with Gasteiger partial charge in [0, 0.05) is 19.6 Å². The van der Waals surface area contributed by atoms with E-state index in [2.05, 4.69) is 0 Å². The third-order valence-electron chi connectivity index (χ3n) is 3.56. The lowest BCUT2D eigenvalue weighted by molar-refractivity contribution is -0.0805. The van der Waals surface area contributed by atoms with Crippen LogP contribution in [-0.4, -0.2) is 48.4 Å². The van der Waals surface area contributed by atoms with Gasteiger partial charge in [-0.25, -0.2) is 4.79 Å². The van der Waals surface area contributed by atoms with Crippen LogP contribution in [0.1, 0.15) is 27.2 Å². The highest BCUT2D eigenvalue weighted by atomic mass is 16.5. The Balaban J connectivity index is 3.03. The fraction of sp³-hybridized carbons (Fsp3) is 0.917. The molecule has 3 atom stereocenters. The second-order valence-electron chi connectivity index (χ2n) is 5.77. The Labute approximate surface area is 103 Å². The molecule has 5 heteroatoms. The van der Waals surface area contributed by atoms with Crippen LogP contribution in [0.15, 0.2) is 0 Å². The van der Waals surface area contributed by atoms with Gasteiger partial charge < -0.3 is 20.5 Å². The summed E-state index contributed by atoms with van der Waals surface area (Å²) >= 11 is 0. The summed E-state index contributed by atoms with van der Waals surface area (Å²) in [5.74, 6) is 0.236. The first-order chi connectivity index (χ1) is 7.82. The molecule has 5 nitrogen and oxygen atoms in total. The first-order valence-electron chi connectivity index (χ1n) is 6.05. The van der Waals surface area contributed by atoms with Crippen LogP contribution in [0.2, 0.25) is 0 Å². The Morgan fingerprint density at radius 3 is 2.47 bits per heavy atom. The smallest absolute Gasteiger partial charge is 0.407 e. The lowest BCUT2D eigenvalue weighted by Gasteiger charge is -2.49. The van der Waals surface area contributed by atoms with Gasteiger partial charge in [0.1, 0.15) is 0 Å². The number of hydrogen-bond donors (Lipinski definition) is 2. The molecular formula is C12H24N2O3. The van der Waals surface area contributed by atoms with Gasteiger partial charge >= 0.3 is 6.09 Å². The predicted octanol–water partition coefficient (Wildman–Crippen LogP) is 1.37. The molecule has 3 N–H and O–H groups in total. The van der Waals surface area contributed by atoms with Crippen LogP contribution in [-0.2, 0) is 4.74 Å². The van der Waals surface area contributed by atoms with E-state index < -0.39 is 6.09 Å². The first kappa shape index (κ1) is 14.3. The maximum atomic E-state index is 11.3. The molecule has 0 aromatic carbocycles. The highest BCUT2D eigenvalue weighted by molar-refractivity contribution is 5.66. The molecule has 1 amide bonds. The van der Waals surface area contributed by atoms with E-state index in [1.54, 1.807) is 7.11 Å². The number of nitrogens with zero attached hydrogens (tertiary/aromatic N) is 1. The van der Waals surface area contributed by atoms with Crippen molar-refractivity contribution in [2.45, 2.75) is 39.3 Å². The molecule has 1 aliphatic heterocycles. The van der Waals surface area contributed by atoms with Gasteiger partial charge in [-0.3, -0.25) is 0 Å². The van der Waals surface area contributed by atoms with Gasteiger partial charge in [0.2, 0.25) is 0 Å². The Kier molecular flexibility index (Phi) is 4.38. The topological polar surface area (TPSA) is 75.8 Å². The van der Waals surface area contributed by atoms with E-state index in [4.69, 9.17) is 10.5 Å². The summed E-state index contributed by atoms with van der Waals surface area (Å²) < 4.78 is 5.53. The van der Waals surface area contributed by atoms with Gasteiger partial charge in [-0.15, -0.1) is 0 Å². The van der Waals surface area contributed by atoms with Crippen molar-refractivity contribution in [1.82, 2.24) is 4.90 Å². The van der Waals surface area contributed by atoms with E-state index >= 15 is 0 Å². The number of ether oxygens (including phenoxy) is 1. The first-order valence-corrected chi connectivity index (χ1v) is 6.05. The number of amides is 1. The molecule has 0 spiro atoms. The predicted molar refractivity (Wildman–Crippen MR) is 65.9 cm³/mol. The van der Waals surface area contributed by atoms with Crippen molar-refractivity contribution in [3.05, 3.63) is 0 Å². The van der Waals surface area contributed by atoms with Crippen molar-refractivity contribution in [3.8, 4) is 0 Å². The van der Waals surface area contributed by atoms with Crippen LogP contribution in [0.5, 0.6) is 0 Å². The largest absolute Gasteiger partial charge is 0.465 e. The van der Waals surface area contributed by atoms with Gasteiger partial charge in [0.15, 0.2) is 0 Å². The van der Waals surface area contributed by atoms with Crippen LogP contribution in [0.25, 0.3) is 0 Å². The van der Waals surface area contributed by atoms with Gasteiger partial charge in [-0.1, -0.05) is 20.8 Å². The highest BCUT2D eigenvalue weighted by Gasteiger charge is 2.45. The lowest BCUT2D eigenvalue weighted by Crippen LogP contribution is -2.61. The molecule has 1 fully saturated rings. The number of carboxylic acid groups (broad SMARTS) is 1. The summed E-state index contributed by atoms with van der Waals surface area (Å²) in [6.45, 7) is 7.20. The highest BCUT2D eigenvalue weighted by Crippen LogP contribution is 2.36. The van der Waals surface area contributed by atoms with Gasteiger partial charge in [0.25, 0.3) is 0 Å². The number of methoxy groups -OCH3 is 1. The van der Waals surface area contributed by atoms with Crippen molar-refractivity contribution in [1.29, 1.82) is 0 Å². The molecule has 3 unspecified atom stereocenters. The van der Waals surface area contributed by atoms with E-state index in [0.29, 0.717) is 13.1 Å². The minimum absolute atomic E-state index is 0.121. The van der Waals surface area contributed by atoms with Crippen LogP contribution in [0.3, 0.4) is 0 Å². The number of hydrogen-bond acceptors (Lipinski definition) is 3. The third-order valence-corrected chi connectivity index (χ3v) is 3.56. The summed E-state index contributed by atoms with van der Waals surface area (Å²) in [5.41, 5.74) is 5.59. The maximum Gasteiger partial charge on any atom is 0.407 e. The van der Waals surface area contributed by atoms with Gasteiger partial charge in [-0.2, -0.15) is 0 Å². The zero-order valence-corrected chi connectivity index (χ0v) is 11.1. The van der Waals surface area contributed by atoms with Crippen LogP contribution in [0, 0.1) is 11.3 Å². The van der Waals surface area contributed by atoms with Gasteiger partial charge in [-0.05, 0) is 18.4 Å². The number of rotatable bonds is 2. The minimum Gasteiger partial charge on any atom is -0.465 e. The fourth-order valence-corrected chi connectivity index (χ4v) is 2.79. The Morgan fingerprint density at radius 2 is 2.12 bits per heavy atom. The Morgan fingerprint density at radius 1 is 1.53 bits per heavy atom. The molecule has 0 saturated carbocycles. The number of nitrogens with two attached hydrogens (primary N) is 1. The second-order valence-corrected chi connectivity index (χ2v) is 5.77. The molecule has 0 radical (unpaired) electrons. The monoisotopic (exact) mass is 244 g/mol. The van der Waals surface area contributed by atoms with Crippen LogP contribution < -0.4 is 5.73 Å². The summed E-state index contributed by atoms with van der Waals surface area (Å²) in [4.78, 5) is 12.8. The fourth-order valence-electron chi connectivity index (χ4n) is 2.79. The third kappa shape index (κ3) is 2.90. The number of likely N-dealkylation sites (tertiary alicyclic amines) is 1. The molecule has 0 aliphatic carbocycles. The minimum atomic E-state index is -0.873. The molecule has 1 heterocycles. The van der Waals surface area contributed by atoms with E-state index in [0.717, 1.165) is 6.42 Å². The average Bonchev–Trinajstić information content (AvgIpc) is 2.25. The molecule has 0 bridgehead atoms. The van der Waals surface area contributed by atoms with E-state index in [1.807, 2.05) is 20.8 Å². The average molecular weight is 244 g/mol. The van der Waals surface area contributed by atoms with E-state index in [-0.39, 0.29) is 23.5 Å². The molecule has 0 aromatic rings. The summed E-state index contributed by atoms with van der Waals surface area (Å²) in [7, 11) is 1.64. The summed E-state index contributed by atoms with van der Waals surface area (Å²) in [6, 6.07) is -0.146. The Hall–Kier alpha value is -0.810. The molecule has 1 aliphatic rings. The zero-order chi connectivity index (χ0) is 13.2. The quantitative estimate of drug-likeness (QED) is 0.769. The Bertz CT molecular complexity index is 275. The van der Waals surface area contributed by atoms with E-state index in [9.17, 15) is 9.90 Å². The van der Waals surface area contributed by atoms with Crippen molar-refractivity contribution in [2.24, 2.45) is 17.1 Å². The molecule has 17 heavy (non-hydrogen) atoms. The number of carbonyl (C=O) groups is 1. The standard InChI is InChI=1S/C12H24N2O3/c1-12(2,3)10-9(17-4)8(7-13)5-6-14(10)11(15)16/h8-10H,5-7,13H2,1-4H3,(H,15,16). The normalized spacial score (nSPS) is 30.4. The molecule has 1 saturated heterocycles. The summed E-state index contributed by atoms with van der Waals surface area (Å²) in [6.07, 6.45) is -0.222. The zero-order valence-electron chi connectivity index (χ0n) is 11.1. The number of piperidine rings is 1. The SMILES string of the molecule is COC1C(CN)CCN(C(=O)O)C1C(C)(C)C. The second kappa shape index (κ2) is 5.23.